The van der Waals surface area contributed by atoms with Gasteiger partial charge in [-0.05, 0) is 37.8 Å². The van der Waals surface area contributed by atoms with Gasteiger partial charge >= 0.3 is 0 Å². The van der Waals surface area contributed by atoms with E-state index in [2.05, 4.69) is 18.7 Å². The molecule has 3 N–H and O–H groups in total. The molecule has 1 saturated heterocycles. The van der Waals surface area contributed by atoms with Crippen LogP contribution in [0.4, 0.5) is 0 Å². The predicted molar refractivity (Wildman–Crippen MR) is 69.9 cm³/mol. The summed E-state index contributed by atoms with van der Waals surface area (Å²) in [5.41, 5.74) is 6.04. The molecule has 4 heteroatoms. The fourth-order valence-corrected chi connectivity index (χ4v) is 2.74. The fourth-order valence-electron chi connectivity index (χ4n) is 2.74. The molecular weight excluding hydrogens is 216 g/mol. The highest BCUT2D eigenvalue weighted by Gasteiger charge is 2.29. The van der Waals surface area contributed by atoms with E-state index in [0.29, 0.717) is 6.61 Å². The van der Waals surface area contributed by atoms with Gasteiger partial charge in [0.1, 0.15) is 0 Å². The van der Waals surface area contributed by atoms with Crippen molar-refractivity contribution >= 4 is 0 Å². The van der Waals surface area contributed by atoms with Crippen LogP contribution in [0.2, 0.25) is 0 Å². The first-order chi connectivity index (χ1) is 8.10. The Balaban J connectivity index is 2.44. The molecule has 1 aliphatic rings. The summed E-state index contributed by atoms with van der Waals surface area (Å²) in [7, 11) is 1.65. The molecule has 4 nitrogen and oxygen atoms in total. The highest BCUT2D eigenvalue weighted by molar-refractivity contribution is 4.85. The van der Waals surface area contributed by atoms with Crippen LogP contribution in [-0.4, -0.2) is 55.5 Å². The van der Waals surface area contributed by atoms with Gasteiger partial charge < -0.3 is 15.6 Å². The normalized spacial score (nSPS) is 22.9. The summed E-state index contributed by atoms with van der Waals surface area (Å²) in [6, 6.07) is -0.0522. The molecule has 0 radical (unpaired) electrons. The van der Waals surface area contributed by atoms with Crippen molar-refractivity contribution in [2.45, 2.75) is 38.8 Å². The van der Waals surface area contributed by atoms with Crippen LogP contribution in [0.3, 0.4) is 0 Å². The molecule has 17 heavy (non-hydrogen) atoms. The van der Waals surface area contributed by atoms with Crippen LogP contribution in [0, 0.1) is 11.8 Å². The summed E-state index contributed by atoms with van der Waals surface area (Å²) < 4.78 is 5.07. The van der Waals surface area contributed by atoms with Gasteiger partial charge in [0, 0.05) is 13.2 Å². The number of aliphatic hydroxyl groups is 1. The summed E-state index contributed by atoms with van der Waals surface area (Å²) >= 11 is 0. The van der Waals surface area contributed by atoms with Gasteiger partial charge in [-0.1, -0.05) is 13.8 Å². The zero-order valence-electron chi connectivity index (χ0n) is 11.4. The Hall–Kier alpha value is -0.160. The van der Waals surface area contributed by atoms with Crippen molar-refractivity contribution in [3.05, 3.63) is 0 Å². The average molecular weight is 244 g/mol. The Labute approximate surface area is 105 Å². The quantitative estimate of drug-likeness (QED) is 0.722. The molecule has 0 bridgehead atoms. The van der Waals surface area contributed by atoms with Gasteiger partial charge in [-0.15, -0.1) is 0 Å². The number of nitrogens with zero attached hydrogens (tertiary/aromatic N) is 1. The molecule has 0 aromatic carbocycles. The number of rotatable bonds is 6. The lowest BCUT2D eigenvalue weighted by Crippen LogP contribution is -2.54. The maximum atomic E-state index is 9.47. The minimum absolute atomic E-state index is 0.0445. The first-order valence-electron chi connectivity index (χ1n) is 6.69. The maximum Gasteiger partial charge on any atom is 0.0629 e. The summed E-state index contributed by atoms with van der Waals surface area (Å²) in [6.07, 6.45) is 2.43. The van der Waals surface area contributed by atoms with Crippen molar-refractivity contribution in [2.24, 2.45) is 17.6 Å². The molecule has 102 valence electrons. The smallest absolute Gasteiger partial charge is 0.0629 e. The van der Waals surface area contributed by atoms with E-state index in [1.54, 1.807) is 7.11 Å². The van der Waals surface area contributed by atoms with E-state index in [4.69, 9.17) is 10.5 Å². The molecular formula is C13H28N2O2. The molecule has 0 spiro atoms. The number of methoxy groups -OCH3 is 1. The lowest BCUT2D eigenvalue weighted by Gasteiger charge is -2.40. The number of likely N-dealkylation sites (tertiary alicyclic amines) is 1. The lowest BCUT2D eigenvalue weighted by molar-refractivity contribution is 0.0426. The molecule has 0 aromatic rings. The minimum Gasteiger partial charge on any atom is -0.395 e. The maximum absolute atomic E-state index is 9.47. The Bertz CT molecular complexity index is 204. The van der Waals surface area contributed by atoms with Crippen LogP contribution in [0.1, 0.15) is 26.7 Å². The SMILES string of the molecule is COCC(N)C(CO)N1CCC(C(C)C)CC1. The van der Waals surface area contributed by atoms with Crippen molar-refractivity contribution < 1.29 is 9.84 Å². The molecule has 0 amide bonds. The second kappa shape index (κ2) is 7.31. The summed E-state index contributed by atoms with van der Waals surface area (Å²) in [5, 5.41) is 9.47. The third-order valence-electron chi connectivity index (χ3n) is 4.03. The third kappa shape index (κ3) is 4.21. The molecule has 0 saturated carbocycles. The second-order valence-corrected chi connectivity index (χ2v) is 5.49. The molecule has 1 heterocycles. The minimum atomic E-state index is -0.0967. The van der Waals surface area contributed by atoms with Gasteiger partial charge in [0.25, 0.3) is 0 Å². The molecule has 2 atom stereocenters. The van der Waals surface area contributed by atoms with E-state index in [9.17, 15) is 5.11 Å². The van der Waals surface area contributed by atoms with Gasteiger partial charge in [-0.3, -0.25) is 4.90 Å². The predicted octanol–water partition coefficient (Wildman–Crippen LogP) is 0.689. The van der Waals surface area contributed by atoms with Crippen molar-refractivity contribution in [2.75, 3.05) is 33.4 Å². The van der Waals surface area contributed by atoms with E-state index in [-0.39, 0.29) is 18.7 Å². The number of hydrogen-bond donors (Lipinski definition) is 2. The first kappa shape index (κ1) is 14.9. The van der Waals surface area contributed by atoms with E-state index in [1.165, 1.54) is 12.8 Å². The second-order valence-electron chi connectivity index (χ2n) is 5.49. The number of aliphatic hydroxyl groups excluding tert-OH is 1. The molecule has 1 aliphatic heterocycles. The highest BCUT2D eigenvalue weighted by Crippen LogP contribution is 2.25. The Kier molecular flexibility index (Phi) is 6.41. The van der Waals surface area contributed by atoms with Gasteiger partial charge in [-0.2, -0.15) is 0 Å². The summed E-state index contributed by atoms with van der Waals surface area (Å²) in [6.45, 7) is 7.31. The van der Waals surface area contributed by atoms with Crippen molar-refractivity contribution in [3.63, 3.8) is 0 Å². The van der Waals surface area contributed by atoms with Crippen molar-refractivity contribution in [1.82, 2.24) is 4.90 Å². The van der Waals surface area contributed by atoms with Crippen molar-refractivity contribution in [1.29, 1.82) is 0 Å². The topological polar surface area (TPSA) is 58.7 Å². The number of nitrogens with two attached hydrogens (primary N) is 1. The monoisotopic (exact) mass is 244 g/mol. The van der Waals surface area contributed by atoms with Gasteiger partial charge in [0.15, 0.2) is 0 Å². The van der Waals surface area contributed by atoms with E-state index < -0.39 is 0 Å². The summed E-state index contributed by atoms with van der Waals surface area (Å²) in [5.74, 6) is 1.58. The number of piperidine rings is 1. The lowest BCUT2D eigenvalue weighted by atomic mass is 9.86. The molecule has 2 unspecified atom stereocenters. The zero-order chi connectivity index (χ0) is 12.8. The van der Waals surface area contributed by atoms with Crippen LogP contribution >= 0.6 is 0 Å². The molecule has 0 aromatic heterocycles. The van der Waals surface area contributed by atoms with Crippen molar-refractivity contribution in [3.8, 4) is 0 Å². The average Bonchev–Trinajstić information content (AvgIpc) is 2.31. The standard InChI is InChI=1S/C13H28N2O2/c1-10(2)11-4-6-15(7-5-11)13(8-16)12(14)9-17-3/h10-13,16H,4-9,14H2,1-3H3. The Morgan fingerprint density at radius 1 is 1.35 bits per heavy atom. The fraction of sp³-hybridized carbons (Fsp3) is 1.00. The van der Waals surface area contributed by atoms with Crippen LogP contribution in [-0.2, 0) is 4.74 Å². The molecule has 1 fully saturated rings. The van der Waals surface area contributed by atoms with E-state index in [0.717, 1.165) is 24.9 Å². The van der Waals surface area contributed by atoms with E-state index in [1.807, 2.05) is 0 Å². The third-order valence-corrected chi connectivity index (χ3v) is 4.03. The Morgan fingerprint density at radius 2 is 1.94 bits per heavy atom. The largest absolute Gasteiger partial charge is 0.395 e. The van der Waals surface area contributed by atoms with Gasteiger partial charge in [0.05, 0.1) is 19.3 Å². The van der Waals surface area contributed by atoms with Crippen LogP contribution < -0.4 is 5.73 Å². The van der Waals surface area contributed by atoms with Crippen LogP contribution in [0.25, 0.3) is 0 Å². The Morgan fingerprint density at radius 3 is 2.35 bits per heavy atom. The van der Waals surface area contributed by atoms with Gasteiger partial charge in [0.2, 0.25) is 0 Å². The summed E-state index contributed by atoms with van der Waals surface area (Å²) in [4.78, 5) is 2.32. The highest BCUT2D eigenvalue weighted by atomic mass is 16.5. The number of ether oxygens (including phenoxy) is 1. The van der Waals surface area contributed by atoms with Crippen LogP contribution in [0.15, 0.2) is 0 Å². The van der Waals surface area contributed by atoms with Gasteiger partial charge in [-0.25, -0.2) is 0 Å². The van der Waals surface area contributed by atoms with Crippen LogP contribution in [0.5, 0.6) is 0 Å². The molecule has 1 rings (SSSR count). The first-order valence-corrected chi connectivity index (χ1v) is 6.69. The zero-order valence-corrected chi connectivity index (χ0v) is 11.4. The molecule has 0 aliphatic carbocycles. The van der Waals surface area contributed by atoms with E-state index >= 15 is 0 Å². The number of hydrogen-bond acceptors (Lipinski definition) is 4.